The molecule has 4 heteroatoms. The molecule has 1 aromatic rings. The second-order valence-electron chi connectivity index (χ2n) is 5.75. The number of nitrogens with one attached hydrogen (secondary N) is 1. The van der Waals surface area contributed by atoms with Crippen LogP contribution in [-0.4, -0.2) is 37.2 Å². The minimum Gasteiger partial charge on any atom is -0.495 e. The lowest BCUT2D eigenvalue weighted by Crippen LogP contribution is -2.41. The first kappa shape index (κ1) is 17.5. The highest BCUT2D eigenvalue weighted by Gasteiger charge is 2.12. The molecule has 0 unspecified atom stereocenters. The quantitative estimate of drug-likeness (QED) is 0.748. The highest BCUT2D eigenvalue weighted by atomic mass is 16.5. The number of methoxy groups -OCH3 is 1. The van der Waals surface area contributed by atoms with Gasteiger partial charge in [0.25, 0.3) is 0 Å². The van der Waals surface area contributed by atoms with Crippen molar-refractivity contribution < 1.29 is 4.74 Å². The number of nitriles is 1. The maximum atomic E-state index is 9.08. The van der Waals surface area contributed by atoms with E-state index in [0.717, 1.165) is 25.2 Å². The molecule has 0 spiro atoms. The van der Waals surface area contributed by atoms with Crippen molar-refractivity contribution >= 4 is 0 Å². The Morgan fingerprint density at radius 1 is 1.24 bits per heavy atom. The van der Waals surface area contributed by atoms with Gasteiger partial charge in [0.15, 0.2) is 0 Å². The Labute approximate surface area is 128 Å². The molecule has 0 aliphatic carbocycles. The summed E-state index contributed by atoms with van der Waals surface area (Å²) in [5.41, 5.74) is 1.69. The normalized spacial score (nSPS) is 11.2. The molecule has 1 rings (SSSR count). The van der Waals surface area contributed by atoms with Crippen molar-refractivity contribution in [3.63, 3.8) is 0 Å². The van der Waals surface area contributed by atoms with Crippen LogP contribution in [0, 0.1) is 11.3 Å². The lowest BCUT2D eigenvalue weighted by Gasteiger charge is -2.30. The molecule has 4 nitrogen and oxygen atoms in total. The molecule has 0 aliphatic rings. The van der Waals surface area contributed by atoms with Crippen LogP contribution < -0.4 is 10.1 Å². The average Bonchev–Trinajstić information content (AvgIpc) is 2.45. The van der Waals surface area contributed by atoms with Gasteiger partial charge in [-0.25, -0.2) is 0 Å². The lowest BCUT2D eigenvalue weighted by molar-refractivity contribution is 0.176. The van der Waals surface area contributed by atoms with Gasteiger partial charge in [-0.15, -0.1) is 0 Å². The molecule has 0 radical (unpaired) electrons. The first-order valence-electron chi connectivity index (χ1n) is 7.53. The zero-order valence-electron chi connectivity index (χ0n) is 13.8. The van der Waals surface area contributed by atoms with Gasteiger partial charge >= 0.3 is 0 Å². The van der Waals surface area contributed by atoms with Gasteiger partial charge in [-0.1, -0.05) is 6.07 Å². The molecular weight excluding hydrogens is 262 g/mol. The van der Waals surface area contributed by atoms with Crippen molar-refractivity contribution in [1.82, 2.24) is 10.2 Å². The first-order chi connectivity index (χ1) is 9.99. The van der Waals surface area contributed by atoms with Gasteiger partial charge in [-0.2, -0.15) is 5.26 Å². The summed E-state index contributed by atoms with van der Waals surface area (Å²) < 4.78 is 5.15. The highest BCUT2D eigenvalue weighted by Crippen LogP contribution is 2.18. The molecule has 1 N–H and O–H groups in total. The highest BCUT2D eigenvalue weighted by molar-refractivity contribution is 5.45. The monoisotopic (exact) mass is 289 g/mol. The summed E-state index contributed by atoms with van der Waals surface area (Å²) in [6, 6.07) is 9.00. The lowest BCUT2D eigenvalue weighted by atomic mass is 10.1. The fraction of sp³-hybridized carbons (Fsp3) is 0.588. The van der Waals surface area contributed by atoms with E-state index in [1.54, 1.807) is 7.11 Å². The van der Waals surface area contributed by atoms with Gasteiger partial charge in [0.05, 0.1) is 12.7 Å². The van der Waals surface area contributed by atoms with E-state index in [2.05, 4.69) is 44.0 Å². The Bertz CT molecular complexity index is 469. The maximum absolute atomic E-state index is 9.08. The van der Waals surface area contributed by atoms with E-state index in [4.69, 9.17) is 10.00 Å². The second-order valence-corrected chi connectivity index (χ2v) is 5.75. The van der Waals surface area contributed by atoms with Crippen molar-refractivity contribution in [3.05, 3.63) is 29.3 Å². The Balaban J connectivity index is 2.48. The summed E-state index contributed by atoms with van der Waals surface area (Å²) in [7, 11) is 1.58. The van der Waals surface area contributed by atoms with Crippen LogP contribution in [0.1, 0.15) is 38.8 Å². The van der Waals surface area contributed by atoms with Crippen molar-refractivity contribution in [3.8, 4) is 11.8 Å². The molecule has 0 bridgehead atoms. The standard InChI is InChI=1S/C17H27N3O/c1-13(2)20(14(3)4)9-8-19-12-15-6-7-17(21-5)16(10-15)11-18/h6-7,10,13-14,19H,8-9,12H2,1-5H3. The van der Waals surface area contributed by atoms with Gasteiger partial charge in [-0.3, -0.25) is 4.90 Å². The van der Waals surface area contributed by atoms with Crippen LogP contribution in [0.15, 0.2) is 18.2 Å². The smallest absolute Gasteiger partial charge is 0.136 e. The molecule has 0 aromatic heterocycles. The van der Waals surface area contributed by atoms with Crippen molar-refractivity contribution in [2.75, 3.05) is 20.2 Å². The van der Waals surface area contributed by atoms with Gasteiger partial charge in [0, 0.05) is 31.7 Å². The number of nitrogens with zero attached hydrogens (tertiary/aromatic N) is 2. The Morgan fingerprint density at radius 2 is 1.90 bits per heavy atom. The predicted molar refractivity (Wildman–Crippen MR) is 86.4 cm³/mol. The van der Waals surface area contributed by atoms with E-state index in [0.29, 0.717) is 23.4 Å². The third-order valence-electron chi connectivity index (χ3n) is 3.59. The summed E-state index contributed by atoms with van der Waals surface area (Å²) in [4.78, 5) is 2.46. The Hall–Kier alpha value is -1.57. The van der Waals surface area contributed by atoms with Gasteiger partial charge < -0.3 is 10.1 Å². The van der Waals surface area contributed by atoms with Crippen molar-refractivity contribution in [1.29, 1.82) is 5.26 Å². The molecule has 0 amide bonds. The number of hydrogen-bond donors (Lipinski definition) is 1. The van der Waals surface area contributed by atoms with Crippen LogP contribution in [0.3, 0.4) is 0 Å². The number of benzene rings is 1. The van der Waals surface area contributed by atoms with E-state index in [-0.39, 0.29) is 0 Å². The van der Waals surface area contributed by atoms with E-state index in [9.17, 15) is 0 Å². The fourth-order valence-electron chi connectivity index (χ4n) is 2.51. The number of ether oxygens (including phenoxy) is 1. The van der Waals surface area contributed by atoms with E-state index >= 15 is 0 Å². The average molecular weight is 289 g/mol. The maximum Gasteiger partial charge on any atom is 0.136 e. The van der Waals surface area contributed by atoms with Gasteiger partial charge in [-0.05, 0) is 45.4 Å². The fourth-order valence-corrected chi connectivity index (χ4v) is 2.51. The van der Waals surface area contributed by atoms with Gasteiger partial charge in [0.2, 0.25) is 0 Å². The van der Waals surface area contributed by atoms with Crippen LogP contribution in [0.4, 0.5) is 0 Å². The summed E-state index contributed by atoms with van der Waals surface area (Å²) in [6.45, 7) is 11.6. The molecule has 116 valence electrons. The van der Waals surface area contributed by atoms with Crippen LogP contribution in [-0.2, 0) is 6.54 Å². The second kappa shape index (κ2) is 8.66. The van der Waals surface area contributed by atoms with Crippen molar-refractivity contribution in [2.24, 2.45) is 0 Å². The zero-order valence-corrected chi connectivity index (χ0v) is 13.8. The molecule has 1 aromatic carbocycles. The molecule has 0 atom stereocenters. The minimum absolute atomic E-state index is 0.554. The van der Waals surface area contributed by atoms with E-state index in [1.807, 2.05) is 18.2 Å². The van der Waals surface area contributed by atoms with Crippen LogP contribution in [0.2, 0.25) is 0 Å². The summed E-state index contributed by atoms with van der Waals surface area (Å²) in [6.07, 6.45) is 0. The van der Waals surface area contributed by atoms with Crippen LogP contribution in [0.25, 0.3) is 0 Å². The number of rotatable bonds is 8. The molecule has 0 aliphatic heterocycles. The Morgan fingerprint density at radius 3 is 2.43 bits per heavy atom. The largest absolute Gasteiger partial charge is 0.495 e. The molecule has 0 heterocycles. The minimum atomic E-state index is 0.554. The zero-order chi connectivity index (χ0) is 15.8. The van der Waals surface area contributed by atoms with Gasteiger partial charge in [0.1, 0.15) is 11.8 Å². The molecular formula is C17H27N3O. The topological polar surface area (TPSA) is 48.3 Å². The van der Waals surface area contributed by atoms with Crippen molar-refractivity contribution in [2.45, 2.75) is 46.3 Å². The molecule has 21 heavy (non-hydrogen) atoms. The first-order valence-corrected chi connectivity index (χ1v) is 7.53. The SMILES string of the molecule is COc1ccc(CNCCN(C(C)C)C(C)C)cc1C#N. The summed E-state index contributed by atoms with van der Waals surface area (Å²) in [5, 5.41) is 12.5. The molecule has 0 saturated carbocycles. The number of hydrogen-bond acceptors (Lipinski definition) is 4. The third kappa shape index (κ3) is 5.37. The van der Waals surface area contributed by atoms with Crippen LogP contribution in [0.5, 0.6) is 5.75 Å². The van der Waals surface area contributed by atoms with E-state index < -0.39 is 0 Å². The van der Waals surface area contributed by atoms with E-state index in [1.165, 1.54) is 0 Å². The third-order valence-corrected chi connectivity index (χ3v) is 3.59. The predicted octanol–water partition coefficient (Wildman–Crippen LogP) is 2.78. The summed E-state index contributed by atoms with van der Waals surface area (Å²) >= 11 is 0. The Kier molecular flexibility index (Phi) is 7.21. The molecule has 0 saturated heterocycles. The summed E-state index contributed by atoms with van der Waals surface area (Å²) in [5.74, 6) is 0.632. The molecule has 0 fully saturated rings. The van der Waals surface area contributed by atoms with Crippen LogP contribution >= 0.6 is 0 Å².